The molecule has 0 bridgehead atoms. The van der Waals surface area contributed by atoms with Crippen molar-refractivity contribution in [3.05, 3.63) is 65.4 Å². The van der Waals surface area contributed by atoms with Gasteiger partial charge in [0.15, 0.2) is 11.0 Å². The molecule has 0 spiro atoms. The van der Waals surface area contributed by atoms with E-state index < -0.39 is 0 Å². The second kappa shape index (κ2) is 7.33. The molecule has 3 heteroatoms. The smallest absolute Gasteiger partial charge is 0.252 e. The molecule has 3 heterocycles. The molecule has 0 aliphatic heterocycles. The third kappa shape index (κ3) is 3.18. The number of fused-ring (bicyclic) bond motifs is 8. The summed E-state index contributed by atoms with van der Waals surface area (Å²) in [6, 6.07) is 18.0. The highest BCUT2D eigenvalue weighted by Gasteiger charge is 2.25. The minimum atomic E-state index is 0.586. The maximum absolute atomic E-state index is 5.26. The van der Waals surface area contributed by atoms with Gasteiger partial charge < -0.3 is 0 Å². The first-order valence-corrected chi connectivity index (χ1v) is 11.5. The number of pyridine rings is 2. The zero-order valence-corrected chi connectivity index (χ0v) is 19.5. The standard InChI is InChI=1S/C28H32N3/c1-17(2)13-20-11-12-23-22(16-20)27-26(19(5)15-21(29-27)14-18(3)4)28-30(6)24-9-7-8-10-25(24)31(23)28/h7-12,15-18H,13-14H2,1-6H3/q+1. The molecular formula is C28H32N3+. The van der Waals surface area contributed by atoms with Gasteiger partial charge in [-0.2, -0.15) is 4.40 Å². The van der Waals surface area contributed by atoms with Crippen LogP contribution in [0.3, 0.4) is 0 Å². The number of hydrogen-bond donors (Lipinski definition) is 0. The van der Waals surface area contributed by atoms with Crippen molar-refractivity contribution < 1.29 is 4.57 Å². The highest BCUT2D eigenvalue weighted by Crippen LogP contribution is 2.33. The predicted octanol–water partition coefficient (Wildman–Crippen LogP) is 6.32. The zero-order valence-electron chi connectivity index (χ0n) is 19.5. The van der Waals surface area contributed by atoms with Gasteiger partial charge in [-0.25, -0.2) is 4.57 Å². The van der Waals surface area contributed by atoms with E-state index in [1.807, 2.05) is 0 Å². The highest BCUT2D eigenvalue weighted by molar-refractivity contribution is 6.12. The van der Waals surface area contributed by atoms with Gasteiger partial charge in [0.1, 0.15) is 5.52 Å². The molecule has 5 aromatic rings. The van der Waals surface area contributed by atoms with Gasteiger partial charge in [0.05, 0.1) is 18.0 Å². The Morgan fingerprint density at radius 2 is 1.65 bits per heavy atom. The summed E-state index contributed by atoms with van der Waals surface area (Å²) in [5.74, 6) is 1.21. The molecule has 0 N–H and O–H groups in total. The third-order valence-corrected chi connectivity index (χ3v) is 6.33. The van der Waals surface area contributed by atoms with Crippen LogP contribution in [0.4, 0.5) is 0 Å². The van der Waals surface area contributed by atoms with Gasteiger partial charge in [0.25, 0.3) is 5.65 Å². The van der Waals surface area contributed by atoms with E-state index in [2.05, 4.69) is 99.2 Å². The summed E-state index contributed by atoms with van der Waals surface area (Å²) in [7, 11) is 2.18. The van der Waals surface area contributed by atoms with Gasteiger partial charge in [-0.3, -0.25) is 4.98 Å². The Bertz CT molecular complexity index is 1450. The number of aryl methyl sites for hydroxylation is 2. The second-order valence-electron chi connectivity index (χ2n) is 9.91. The monoisotopic (exact) mass is 410 g/mol. The Kier molecular flexibility index (Phi) is 4.73. The summed E-state index contributed by atoms with van der Waals surface area (Å²) in [6.45, 7) is 11.4. The maximum Gasteiger partial charge on any atom is 0.297 e. The Balaban J connectivity index is 2.02. The lowest BCUT2D eigenvalue weighted by molar-refractivity contribution is -0.617. The Labute approximate surface area is 184 Å². The van der Waals surface area contributed by atoms with Gasteiger partial charge in [0.2, 0.25) is 0 Å². The van der Waals surface area contributed by atoms with Gasteiger partial charge in [0, 0.05) is 11.1 Å². The molecular weight excluding hydrogens is 378 g/mol. The number of hydrogen-bond acceptors (Lipinski definition) is 1. The minimum absolute atomic E-state index is 0.586. The summed E-state index contributed by atoms with van der Waals surface area (Å²) < 4.78 is 4.76. The molecule has 31 heavy (non-hydrogen) atoms. The van der Waals surface area contributed by atoms with Crippen LogP contribution in [0.5, 0.6) is 0 Å². The van der Waals surface area contributed by atoms with Crippen LogP contribution in [0.2, 0.25) is 0 Å². The molecule has 0 atom stereocenters. The molecule has 0 fully saturated rings. The second-order valence-corrected chi connectivity index (χ2v) is 9.91. The van der Waals surface area contributed by atoms with Crippen LogP contribution in [0.15, 0.2) is 48.5 Å². The largest absolute Gasteiger partial charge is 0.297 e. The van der Waals surface area contributed by atoms with E-state index >= 15 is 0 Å². The molecule has 158 valence electrons. The number of aromatic nitrogens is 3. The van der Waals surface area contributed by atoms with Crippen molar-refractivity contribution in [2.24, 2.45) is 18.9 Å². The van der Waals surface area contributed by atoms with E-state index in [-0.39, 0.29) is 0 Å². The predicted molar refractivity (Wildman–Crippen MR) is 131 cm³/mol. The quantitative estimate of drug-likeness (QED) is 0.251. The van der Waals surface area contributed by atoms with Crippen LogP contribution < -0.4 is 4.57 Å². The average molecular weight is 411 g/mol. The van der Waals surface area contributed by atoms with Crippen LogP contribution in [-0.2, 0) is 19.9 Å². The third-order valence-electron chi connectivity index (χ3n) is 6.33. The van der Waals surface area contributed by atoms with Gasteiger partial charge in [-0.15, -0.1) is 0 Å². The van der Waals surface area contributed by atoms with Gasteiger partial charge in [-0.05, 0) is 73.1 Å². The van der Waals surface area contributed by atoms with E-state index in [4.69, 9.17) is 4.98 Å². The molecule has 2 aromatic carbocycles. The number of nitrogens with zero attached hydrogens (tertiary/aromatic N) is 3. The highest BCUT2D eigenvalue weighted by atomic mass is 15.1. The molecule has 0 amide bonds. The van der Waals surface area contributed by atoms with Crippen LogP contribution in [-0.4, -0.2) is 9.38 Å². The number of rotatable bonds is 4. The van der Waals surface area contributed by atoms with Crippen molar-refractivity contribution in [2.45, 2.75) is 47.5 Å². The first-order valence-electron chi connectivity index (χ1n) is 11.5. The normalized spacial score (nSPS) is 12.4. The molecule has 5 rings (SSSR count). The first-order chi connectivity index (χ1) is 14.8. The summed E-state index contributed by atoms with van der Waals surface area (Å²) in [5.41, 5.74) is 9.97. The van der Waals surface area contributed by atoms with E-state index in [9.17, 15) is 0 Å². The summed E-state index contributed by atoms with van der Waals surface area (Å²) in [4.78, 5) is 5.26. The molecule has 0 aliphatic rings. The Morgan fingerprint density at radius 1 is 0.903 bits per heavy atom. The van der Waals surface area contributed by atoms with Crippen molar-refractivity contribution in [3.63, 3.8) is 0 Å². The molecule has 3 aromatic heterocycles. The molecule has 0 unspecified atom stereocenters. The van der Waals surface area contributed by atoms with Gasteiger partial charge >= 0.3 is 0 Å². The SMILES string of the molecule is Cc1cc(CC(C)C)nc2c3cc(CC(C)C)ccc3n3c4ccccc4[n+](C)c3c12. The van der Waals surface area contributed by atoms with Crippen molar-refractivity contribution in [1.82, 2.24) is 9.38 Å². The number of benzene rings is 2. The fraction of sp³-hybridized carbons (Fsp3) is 0.357. The van der Waals surface area contributed by atoms with E-state index in [0.29, 0.717) is 11.8 Å². The fourth-order valence-corrected chi connectivity index (χ4v) is 5.15. The Hall–Kier alpha value is -2.94. The van der Waals surface area contributed by atoms with Crippen LogP contribution in [0.1, 0.15) is 44.5 Å². The van der Waals surface area contributed by atoms with Crippen molar-refractivity contribution in [3.8, 4) is 0 Å². The molecule has 0 saturated heterocycles. The van der Waals surface area contributed by atoms with E-state index in [1.165, 1.54) is 49.8 Å². The Morgan fingerprint density at radius 3 is 2.39 bits per heavy atom. The van der Waals surface area contributed by atoms with E-state index in [0.717, 1.165) is 18.4 Å². The number of imidazole rings is 1. The maximum atomic E-state index is 5.26. The lowest BCUT2D eigenvalue weighted by Crippen LogP contribution is -2.27. The summed E-state index contributed by atoms with van der Waals surface area (Å²) in [6.07, 6.45) is 2.09. The molecule has 0 radical (unpaired) electrons. The average Bonchev–Trinajstić information content (AvgIpc) is 3.00. The van der Waals surface area contributed by atoms with Crippen molar-refractivity contribution in [1.29, 1.82) is 0 Å². The molecule has 0 aliphatic carbocycles. The van der Waals surface area contributed by atoms with Crippen molar-refractivity contribution >= 4 is 38.5 Å². The zero-order chi connectivity index (χ0) is 21.9. The van der Waals surface area contributed by atoms with Gasteiger partial charge in [-0.1, -0.05) is 45.9 Å². The summed E-state index contributed by atoms with van der Waals surface area (Å²) >= 11 is 0. The minimum Gasteiger partial charge on any atom is -0.252 e. The molecule has 3 nitrogen and oxygen atoms in total. The van der Waals surface area contributed by atoms with Crippen LogP contribution in [0, 0.1) is 18.8 Å². The molecule has 0 saturated carbocycles. The van der Waals surface area contributed by atoms with Crippen molar-refractivity contribution in [2.75, 3.05) is 0 Å². The lowest BCUT2D eigenvalue weighted by Gasteiger charge is -2.12. The summed E-state index contributed by atoms with van der Waals surface area (Å²) in [5, 5.41) is 2.52. The number of para-hydroxylation sites is 2. The van der Waals surface area contributed by atoms with Crippen LogP contribution >= 0.6 is 0 Å². The fourth-order valence-electron chi connectivity index (χ4n) is 5.15. The topological polar surface area (TPSA) is 21.2 Å². The van der Waals surface area contributed by atoms with Crippen LogP contribution in [0.25, 0.3) is 38.5 Å². The van der Waals surface area contributed by atoms with E-state index in [1.54, 1.807) is 0 Å². The lowest BCUT2D eigenvalue weighted by atomic mass is 9.98. The first kappa shape index (κ1) is 20.0.